The van der Waals surface area contributed by atoms with E-state index in [1.165, 1.54) is 24.1 Å². The van der Waals surface area contributed by atoms with E-state index in [9.17, 15) is 0 Å². The fraction of sp³-hybridized carbons (Fsp3) is 0.625. The Morgan fingerprint density at radius 3 is 2.63 bits per heavy atom. The van der Waals surface area contributed by atoms with Crippen LogP contribution in [0.4, 0.5) is 5.69 Å². The molecule has 1 aromatic carbocycles. The molecule has 1 atom stereocenters. The Balaban J connectivity index is 2.07. The zero-order valence-corrected chi connectivity index (χ0v) is 13.0. The number of rotatable bonds is 7. The third kappa shape index (κ3) is 3.87. The molecule has 0 saturated heterocycles. The fourth-order valence-corrected chi connectivity index (χ4v) is 2.61. The second kappa shape index (κ2) is 6.62. The van der Waals surface area contributed by atoms with Crippen molar-refractivity contribution in [1.29, 1.82) is 0 Å². The van der Waals surface area contributed by atoms with Gasteiger partial charge in [-0.05, 0) is 50.8 Å². The molecular formula is C16H25ClN2. The molecule has 0 aromatic heterocycles. The van der Waals surface area contributed by atoms with Crippen LogP contribution in [0, 0.1) is 0 Å². The largest absolute Gasteiger partial charge is 0.369 e. The quantitative estimate of drug-likeness (QED) is 0.805. The van der Waals surface area contributed by atoms with Gasteiger partial charge in [-0.15, -0.1) is 0 Å². The number of benzene rings is 1. The number of nitrogens with zero attached hydrogens (tertiary/aromatic N) is 1. The summed E-state index contributed by atoms with van der Waals surface area (Å²) in [5, 5.41) is 4.39. The first-order valence-corrected chi connectivity index (χ1v) is 7.82. The maximum atomic E-state index is 6.42. The molecule has 2 rings (SSSR count). The number of hydrogen-bond donors (Lipinski definition) is 1. The summed E-state index contributed by atoms with van der Waals surface area (Å²) >= 11 is 6.42. The van der Waals surface area contributed by atoms with Crippen molar-refractivity contribution in [3.63, 3.8) is 0 Å². The van der Waals surface area contributed by atoms with Gasteiger partial charge in [0.25, 0.3) is 0 Å². The lowest BCUT2D eigenvalue weighted by atomic mass is 10.1. The Bertz CT molecular complexity index is 415. The van der Waals surface area contributed by atoms with Gasteiger partial charge >= 0.3 is 0 Å². The van der Waals surface area contributed by atoms with E-state index in [1.807, 2.05) is 0 Å². The van der Waals surface area contributed by atoms with Gasteiger partial charge < -0.3 is 10.2 Å². The lowest BCUT2D eigenvalue weighted by Crippen LogP contribution is -2.32. The molecular weight excluding hydrogens is 256 g/mol. The maximum absolute atomic E-state index is 6.42. The van der Waals surface area contributed by atoms with E-state index in [0.717, 1.165) is 30.6 Å². The van der Waals surface area contributed by atoms with Crippen molar-refractivity contribution in [3.8, 4) is 0 Å². The number of halogens is 1. The minimum atomic E-state index is 0.552. The molecule has 1 aliphatic rings. The van der Waals surface area contributed by atoms with Crippen LogP contribution in [0.1, 0.15) is 45.6 Å². The van der Waals surface area contributed by atoms with E-state index in [1.54, 1.807) is 0 Å². The Labute approximate surface area is 122 Å². The van der Waals surface area contributed by atoms with Crippen LogP contribution in [-0.4, -0.2) is 18.6 Å². The summed E-state index contributed by atoms with van der Waals surface area (Å²) in [6.45, 7) is 8.59. The van der Waals surface area contributed by atoms with E-state index in [0.29, 0.717) is 6.04 Å². The summed E-state index contributed by atoms with van der Waals surface area (Å²) in [6, 6.07) is 7.75. The first-order valence-electron chi connectivity index (χ1n) is 7.44. The van der Waals surface area contributed by atoms with Crippen LogP contribution < -0.4 is 10.2 Å². The van der Waals surface area contributed by atoms with Gasteiger partial charge in [0.2, 0.25) is 0 Å². The third-order valence-electron chi connectivity index (χ3n) is 3.99. The van der Waals surface area contributed by atoms with Crippen molar-refractivity contribution in [2.24, 2.45) is 0 Å². The Kier molecular flexibility index (Phi) is 5.12. The highest BCUT2D eigenvalue weighted by atomic mass is 35.5. The Morgan fingerprint density at radius 1 is 1.37 bits per heavy atom. The normalized spacial score (nSPS) is 16.4. The summed E-state index contributed by atoms with van der Waals surface area (Å²) in [5.41, 5.74) is 2.44. The number of anilines is 1. The molecule has 1 unspecified atom stereocenters. The van der Waals surface area contributed by atoms with E-state index >= 15 is 0 Å². The van der Waals surface area contributed by atoms with E-state index in [4.69, 9.17) is 11.6 Å². The lowest BCUT2D eigenvalue weighted by Gasteiger charge is -2.30. The summed E-state index contributed by atoms with van der Waals surface area (Å²) in [4.78, 5) is 2.41. The minimum absolute atomic E-state index is 0.552. The molecule has 0 amide bonds. The second-order valence-electron chi connectivity index (χ2n) is 5.47. The molecule has 2 nitrogen and oxygen atoms in total. The van der Waals surface area contributed by atoms with Gasteiger partial charge in [-0.2, -0.15) is 0 Å². The molecule has 0 bridgehead atoms. The molecule has 1 fully saturated rings. The van der Waals surface area contributed by atoms with Gasteiger partial charge in [0.15, 0.2) is 0 Å². The van der Waals surface area contributed by atoms with Crippen molar-refractivity contribution in [2.75, 3.05) is 11.4 Å². The van der Waals surface area contributed by atoms with Gasteiger partial charge in [0.05, 0.1) is 0 Å². The molecule has 1 aliphatic carbocycles. The van der Waals surface area contributed by atoms with Crippen LogP contribution in [0.3, 0.4) is 0 Å². The van der Waals surface area contributed by atoms with Crippen molar-refractivity contribution < 1.29 is 0 Å². The first-order chi connectivity index (χ1) is 9.15. The molecule has 1 saturated carbocycles. The molecule has 19 heavy (non-hydrogen) atoms. The van der Waals surface area contributed by atoms with Crippen molar-refractivity contribution in [1.82, 2.24) is 5.32 Å². The monoisotopic (exact) mass is 280 g/mol. The average molecular weight is 281 g/mol. The van der Waals surface area contributed by atoms with E-state index in [-0.39, 0.29) is 0 Å². The predicted octanol–water partition coefficient (Wildman–Crippen LogP) is 4.22. The highest BCUT2D eigenvalue weighted by molar-refractivity contribution is 6.31. The van der Waals surface area contributed by atoms with Crippen LogP contribution in [0.15, 0.2) is 18.2 Å². The third-order valence-corrected chi connectivity index (χ3v) is 4.34. The van der Waals surface area contributed by atoms with E-state index in [2.05, 4.69) is 49.2 Å². The maximum Gasteiger partial charge on any atom is 0.0471 e. The van der Waals surface area contributed by atoms with Gasteiger partial charge in [-0.25, -0.2) is 0 Å². The van der Waals surface area contributed by atoms with Gasteiger partial charge in [0, 0.05) is 35.9 Å². The molecule has 0 aliphatic heterocycles. The first kappa shape index (κ1) is 14.7. The lowest BCUT2D eigenvalue weighted by molar-refractivity contribution is 0.629. The highest BCUT2D eigenvalue weighted by Crippen LogP contribution is 2.27. The highest BCUT2D eigenvalue weighted by Gasteiger charge is 2.20. The van der Waals surface area contributed by atoms with Crippen molar-refractivity contribution in [2.45, 2.75) is 58.7 Å². The molecule has 0 spiro atoms. The Morgan fingerprint density at radius 2 is 2.11 bits per heavy atom. The van der Waals surface area contributed by atoms with Crippen LogP contribution in [0.25, 0.3) is 0 Å². The van der Waals surface area contributed by atoms with Crippen LogP contribution >= 0.6 is 11.6 Å². The molecule has 1 aromatic rings. The topological polar surface area (TPSA) is 15.3 Å². The molecule has 3 heteroatoms. The summed E-state index contributed by atoms with van der Waals surface area (Å²) in [6.07, 6.45) is 3.77. The fourth-order valence-electron chi connectivity index (χ4n) is 2.37. The van der Waals surface area contributed by atoms with Gasteiger partial charge in [-0.3, -0.25) is 0 Å². The second-order valence-corrected chi connectivity index (χ2v) is 5.88. The smallest absolute Gasteiger partial charge is 0.0471 e. The summed E-state index contributed by atoms with van der Waals surface area (Å²) < 4.78 is 0. The minimum Gasteiger partial charge on any atom is -0.369 e. The SMILES string of the molecule is CCC(C)N(CC)c1ccc(CNC2CC2)c(Cl)c1. The van der Waals surface area contributed by atoms with Crippen LogP contribution in [-0.2, 0) is 6.54 Å². The van der Waals surface area contributed by atoms with Crippen LogP contribution in [0.5, 0.6) is 0 Å². The molecule has 0 radical (unpaired) electrons. The summed E-state index contributed by atoms with van der Waals surface area (Å²) in [5.74, 6) is 0. The predicted molar refractivity (Wildman–Crippen MR) is 84.1 cm³/mol. The van der Waals surface area contributed by atoms with Gasteiger partial charge in [-0.1, -0.05) is 24.6 Å². The average Bonchev–Trinajstić information content (AvgIpc) is 3.22. The standard InChI is InChI=1S/C16H25ClN2/c1-4-12(3)19(5-2)15-9-6-13(16(17)10-15)11-18-14-7-8-14/h6,9-10,12,14,18H,4-5,7-8,11H2,1-3H3. The van der Waals surface area contributed by atoms with Crippen molar-refractivity contribution in [3.05, 3.63) is 28.8 Å². The summed E-state index contributed by atoms with van der Waals surface area (Å²) in [7, 11) is 0. The molecule has 1 N–H and O–H groups in total. The zero-order valence-electron chi connectivity index (χ0n) is 12.2. The zero-order chi connectivity index (χ0) is 13.8. The Hall–Kier alpha value is -0.730. The van der Waals surface area contributed by atoms with Crippen LogP contribution in [0.2, 0.25) is 5.02 Å². The number of nitrogens with one attached hydrogen (secondary N) is 1. The van der Waals surface area contributed by atoms with E-state index < -0.39 is 0 Å². The molecule has 0 heterocycles. The number of hydrogen-bond acceptors (Lipinski definition) is 2. The van der Waals surface area contributed by atoms with Gasteiger partial charge in [0.1, 0.15) is 0 Å². The molecule has 106 valence electrons. The van der Waals surface area contributed by atoms with Crippen molar-refractivity contribution >= 4 is 17.3 Å².